The van der Waals surface area contributed by atoms with Crippen LogP contribution in [0, 0.1) is 5.41 Å². The molecular formula is C12H24N2O8S2. The molecule has 0 heterocycles. The Balaban J connectivity index is 2.88. The second-order valence-corrected chi connectivity index (χ2v) is 8.75. The Hall–Kier alpha value is -0.790. The molecular weight excluding hydrogens is 364 g/mol. The monoisotopic (exact) mass is 388 g/mol. The first kappa shape index (κ1) is 21.3. The fourth-order valence-electron chi connectivity index (χ4n) is 2.26. The van der Waals surface area contributed by atoms with Crippen molar-refractivity contribution in [3.05, 3.63) is 0 Å². The van der Waals surface area contributed by atoms with E-state index in [1.54, 1.807) is 13.8 Å². The van der Waals surface area contributed by atoms with Crippen molar-refractivity contribution in [2.45, 2.75) is 64.8 Å². The van der Waals surface area contributed by atoms with Gasteiger partial charge in [0.25, 0.3) is 0 Å². The van der Waals surface area contributed by atoms with Crippen LogP contribution in [0.1, 0.15) is 46.5 Å². The molecule has 0 aromatic heterocycles. The van der Waals surface area contributed by atoms with Crippen LogP contribution in [0.25, 0.3) is 0 Å². The maximum Gasteiger partial charge on any atom is 0.333 e. The Labute approximate surface area is 142 Å². The molecule has 0 amide bonds. The maximum absolute atomic E-state index is 12.2. The van der Waals surface area contributed by atoms with Gasteiger partial charge in [-0.1, -0.05) is 6.92 Å². The summed E-state index contributed by atoms with van der Waals surface area (Å²) in [5.41, 5.74) is -0.732. The Morgan fingerprint density at radius 1 is 0.958 bits per heavy atom. The minimum atomic E-state index is -4.25. The third kappa shape index (κ3) is 7.40. The smallest absolute Gasteiger partial charge is 0.333 e. The fourth-order valence-corrected chi connectivity index (χ4v) is 3.33. The predicted molar refractivity (Wildman–Crippen MR) is 83.8 cm³/mol. The van der Waals surface area contributed by atoms with Gasteiger partial charge in [-0.15, -0.1) is 0 Å². The largest absolute Gasteiger partial charge is 0.462 e. The normalized spacial score (nSPS) is 26.1. The lowest BCUT2D eigenvalue weighted by Gasteiger charge is -2.34. The van der Waals surface area contributed by atoms with E-state index >= 15 is 0 Å². The highest BCUT2D eigenvalue weighted by Crippen LogP contribution is 2.30. The summed E-state index contributed by atoms with van der Waals surface area (Å²) in [6.45, 7) is 5.23. The molecule has 1 fully saturated rings. The lowest BCUT2D eigenvalue weighted by molar-refractivity contribution is -0.164. The number of nitrogens with two attached hydrogens (primary N) is 2. The Kier molecular flexibility index (Phi) is 6.75. The highest BCUT2D eigenvalue weighted by atomic mass is 32.2. The molecule has 0 saturated heterocycles. The van der Waals surface area contributed by atoms with Crippen molar-refractivity contribution >= 4 is 26.6 Å². The lowest BCUT2D eigenvalue weighted by atomic mass is 9.89. The summed E-state index contributed by atoms with van der Waals surface area (Å²) in [4.78, 5) is 12.2. The molecule has 0 aliphatic heterocycles. The van der Waals surface area contributed by atoms with Gasteiger partial charge < -0.3 is 4.74 Å². The molecule has 0 radical (unpaired) electrons. The van der Waals surface area contributed by atoms with Gasteiger partial charge in [0.1, 0.15) is 6.10 Å². The minimum Gasteiger partial charge on any atom is -0.462 e. The second kappa shape index (κ2) is 7.62. The van der Waals surface area contributed by atoms with E-state index in [0.29, 0.717) is 6.42 Å². The molecule has 2 unspecified atom stereocenters. The van der Waals surface area contributed by atoms with Crippen LogP contribution in [0.2, 0.25) is 0 Å². The van der Waals surface area contributed by atoms with E-state index in [2.05, 4.69) is 0 Å². The standard InChI is InChI=1S/C12H24N2O8S2/c1-4-12(2,3)11(15)20-8-5-9(21-23(13,16)17)7-10(6-8)22-24(14,18)19/h8-10H,4-7H2,1-3H3,(H2,13,16,17)(H2,14,18,19). The summed E-state index contributed by atoms with van der Waals surface area (Å²) < 4.78 is 59.1. The molecule has 1 saturated carbocycles. The molecule has 12 heteroatoms. The molecule has 4 N–H and O–H groups in total. The van der Waals surface area contributed by atoms with E-state index < -0.39 is 50.3 Å². The molecule has 0 spiro atoms. The average molecular weight is 388 g/mol. The van der Waals surface area contributed by atoms with Crippen molar-refractivity contribution in [2.24, 2.45) is 15.7 Å². The van der Waals surface area contributed by atoms with E-state index in [4.69, 9.17) is 23.4 Å². The topological polar surface area (TPSA) is 165 Å². The number of carbonyl (C=O) groups excluding carboxylic acids is 1. The zero-order valence-electron chi connectivity index (χ0n) is 13.8. The molecule has 1 aliphatic carbocycles. The first-order chi connectivity index (χ1) is 10.7. The molecule has 1 aliphatic rings. The van der Waals surface area contributed by atoms with Crippen LogP contribution in [-0.4, -0.2) is 41.1 Å². The van der Waals surface area contributed by atoms with Crippen molar-refractivity contribution in [1.29, 1.82) is 0 Å². The van der Waals surface area contributed by atoms with Gasteiger partial charge in [0, 0.05) is 19.3 Å². The summed E-state index contributed by atoms with van der Waals surface area (Å²) >= 11 is 0. The number of esters is 1. The highest BCUT2D eigenvalue weighted by Gasteiger charge is 2.38. The van der Waals surface area contributed by atoms with Gasteiger partial charge in [-0.25, -0.2) is 10.3 Å². The van der Waals surface area contributed by atoms with Crippen LogP contribution in [0.3, 0.4) is 0 Å². The maximum atomic E-state index is 12.2. The predicted octanol–water partition coefficient (Wildman–Crippen LogP) is -0.304. The van der Waals surface area contributed by atoms with Crippen molar-refractivity contribution < 1.29 is 34.7 Å². The van der Waals surface area contributed by atoms with Gasteiger partial charge >= 0.3 is 26.6 Å². The molecule has 2 atom stereocenters. The van der Waals surface area contributed by atoms with Crippen LogP contribution in [0.4, 0.5) is 0 Å². The highest BCUT2D eigenvalue weighted by molar-refractivity contribution is 7.84. The molecule has 0 aromatic rings. The average Bonchev–Trinajstić information content (AvgIpc) is 2.33. The van der Waals surface area contributed by atoms with Crippen molar-refractivity contribution in [3.8, 4) is 0 Å². The second-order valence-electron chi connectivity index (χ2n) is 6.39. The SMILES string of the molecule is CCC(C)(C)C(=O)OC1CC(OS(N)(=O)=O)CC(OS(N)(=O)=O)C1. The van der Waals surface area contributed by atoms with E-state index in [9.17, 15) is 21.6 Å². The first-order valence-electron chi connectivity index (χ1n) is 7.35. The lowest BCUT2D eigenvalue weighted by Crippen LogP contribution is -2.42. The van der Waals surface area contributed by atoms with Gasteiger partial charge in [0.15, 0.2) is 0 Å². The quantitative estimate of drug-likeness (QED) is 0.561. The van der Waals surface area contributed by atoms with Gasteiger partial charge in [-0.05, 0) is 20.3 Å². The Morgan fingerprint density at radius 2 is 1.33 bits per heavy atom. The van der Waals surface area contributed by atoms with Crippen LogP contribution in [0.15, 0.2) is 0 Å². The third-order valence-corrected chi connectivity index (χ3v) is 4.91. The van der Waals surface area contributed by atoms with Crippen molar-refractivity contribution in [3.63, 3.8) is 0 Å². The minimum absolute atomic E-state index is 0.0481. The number of rotatable bonds is 7. The van der Waals surface area contributed by atoms with Crippen LogP contribution in [0.5, 0.6) is 0 Å². The Morgan fingerprint density at radius 3 is 1.67 bits per heavy atom. The first-order valence-corrected chi connectivity index (χ1v) is 10.3. The summed E-state index contributed by atoms with van der Waals surface area (Å²) in [5.74, 6) is -0.486. The fraction of sp³-hybridized carbons (Fsp3) is 0.917. The van der Waals surface area contributed by atoms with Crippen LogP contribution in [-0.2, 0) is 38.5 Å². The third-order valence-electron chi connectivity index (χ3n) is 3.83. The number of hydrogen-bond donors (Lipinski definition) is 2. The van der Waals surface area contributed by atoms with Gasteiger partial charge in [0.05, 0.1) is 17.6 Å². The van der Waals surface area contributed by atoms with E-state index in [1.807, 2.05) is 6.92 Å². The summed E-state index contributed by atoms with van der Waals surface area (Å²) in [5, 5.41) is 9.67. The van der Waals surface area contributed by atoms with Gasteiger partial charge in [0.2, 0.25) is 0 Å². The number of carbonyl (C=O) groups is 1. The molecule has 24 heavy (non-hydrogen) atoms. The van der Waals surface area contributed by atoms with E-state index in [-0.39, 0.29) is 19.3 Å². The molecule has 142 valence electrons. The van der Waals surface area contributed by atoms with Gasteiger partial charge in [-0.2, -0.15) is 16.8 Å². The zero-order chi connectivity index (χ0) is 18.8. The number of hydrogen-bond acceptors (Lipinski definition) is 8. The van der Waals surface area contributed by atoms with Crippen molar-refractivity contribution in [1.82, 2.24) is 0 Å². The van der Waals surface area contributed by atoms with Crippen LogP contribution < -0.4 is 10.3 Å². The van der Waals surface area contributed by atoms with E-state index in [1.165, 1.54) is 0 Å². The summed E-state index contributed by atoms with van der Waals surface area (Å²) in [7, 11) is -8.51. The van der Waals surface area contributed by atoms with Crippen molar-refractivity contribution in [2.75, 3.05) is 0 Å². The molecule has 1 rings (SSSR count). The van der Waals surface area contributed by atoms with E-state index in [0.717, 1.165) is 0 Å². The zero-order valence-corrected chi connectivity index (χ0v) is 15.4. The summed E-state index contributed by atoms with van der Waals surface area (Å²) in [6, 6.07) is 0. The molecule has 0 bridgehead atoms. The summed E-state index contributed by atoms with van der Waals surface area (Å²) in [6.07, 6.45) is -2.19. The van der Waals surface area contributed by atoms with Gasteiger partial charge in [-0.3, -0.25) is 13.2 Å². The molecule has 0 aromatic carbocycles. The number of ether oxygens (including phenoxy) is 1. The molecule has 10 nitrogen and oxygen atoms in total. The Bertz CT molecular complexity index is 617. The van der Waals surface area contributed by atoms with Crippen LogP contribution >= 0.6 is 0 Å².